The van der Waals surface area contributed by atoms with E-state index >= 15 is 0 Å². The second-order valence-corrected chi connectivity index (χ2v) is 8.90. The lowest BCUT2D eigenvalue weighted by atomic mass is 10.2. The summed E-state index contributed by atoms with van der Waals surface area (Å²) in [6, 6.07) is 13.4. The summed E-state index contributed by atoms with van der Waals surface area (Å²) in [5, 5.41) is 3.61. The van der Waals surface area contributed by atoms with Gasteiger partial charge in [-0.25, -0.2) is 12.8 Å². The van der Waals surface area contributed by atoms with Crippen molar-refractivity contribution in [1.29, 1.82) is 0 Å². The molecule has 4 rings (SSSR count). The average molecular weight is 453 g/mol. The van der Waals surface area contributed by atoms with E-state index in [-0.39, 0.29) is 29.7 Å². The molecule has 0 saturated heterocycles. The van der Waals surface area contributed by atoms with Gasteiger partial charge in [-0.05, 0) is 48.9 Å². The summed E-state index contributed by atoms with van der Waals surface area (Å²) in [7, 11) is -4.07. The summed E-state index contributed by atoms with van der Waals surface area (Å²) in [4.78, 5) is 18.9. The number of H-pyrrole nitrogens is 1. The van der Waals surface area contributed by atoms with Crippen LogP contribution in [0.3, 0.4) is 0 Å². The SMILES string of the molecule is CCOc1cccc(S(=O)(=O)c2ccc(CNC(=O)c3cc4cnccc4[nH]3)cc2)c1F. The predicted molar refractivity (Wildman–Crippen MR) is 117 cm³/mol. The second kappa shape index (κ2) is 8.80. The minimum Gasteiger partial charge on any atom is -0.491 e. The molecule has 0 aliphatic rings. The lowest BCUT2D eigenvalue weighted by Gasteiger charge is -2.10. The average Bonchev–Trinajstić information content (AvgIpc) is 3.24. The zero-order chi connectivity index (χ0) is 22.7. The first-order chi connectivity index (χ1) is 15.4. The van der Waals surface area contributed by atoms with Crippen LogP contribution in [0.5, 0.6) is 5.75 Å². The van der Waals surface area contributed by atoms with E-state index in [9.17, 15) is 17.6 Å². The van der Waals surface area contributed by atoms with Crippen molar-refractivity contribution in [3.8, 4) is 5.75 Å². The number of sulfone groups is 1. The van der Waals surface area contributed by atoms with Crippen LogP contribution in [0.1, 0.15) is 23.0 Å². The molecule has 2 N–H and O–H groups in total. The molecule has 0 aliphatic carbocycles. The van der Waals surface area contributed by atoms with Crippen molar-refractivity contribution in [3.63, 3.8) is 0 Å². The van der Waals surface area contributed by atoms with Crippen LogP contribution >= 0.6 is 0 Å². The van der Waals surface area contributed by atoms with Gasteiger partial charge >= 0.3 is 0 Å². The van der Waals surface area contributed by atoms with Crippen LogP contribution < -0.4 is 10.1 Å². The Morgan fingerprint density at radius 3 is 2.66 bits per heavy atom. The molecule has 1 amide bonds. The number of carbonyl (C=O) groups excluding carboxylic acids is 1. The van der Waals surface area contributed by atoms with Gasteiger partial charge in [-0.3, -0.25) is 9.78 Å². The number of carbonyl (C=O) groups is 1. The number of hydrogen-bond donors (Lipinski definition) is 2. The van der Waals surface area contributed by atoms with Gasteiger partial charge in [0.1, 0.15) is 10.6 Å². The van der Waals surface area contributed by atoms with Crippen LogP contribution in [0.15, 0.2) is 76.8 Å². The highest BCUT2D eigenvalue weighted by Crippen LogP contribution is 2.29. The first-order valence-corrected chi connectivity index (χ1v) is 11.3. The molecular weight excluding hydrogens is 433 g/mol. The first-order valence-electron chi connectivity index (χ1n) is 9.86. The Kier molecular flexibility index (Phi) is 5.91. The fourth-order valence-electron chi connectivity index (χ4n) is 3.25. The molecule has 0 unspecified atom stereocenters. The van der Waals surface area contributed by atoms with Crippen molar-refractivity contribution in [3.05, 3.63) is 84.1 Å². The van der Waals surface area contributed by atoms with Gasteiger partial charge in [-0.15, -0.1) is 0 Å². The topological polar surface area (TPSA) is 101 Å². The summed E-state index contributed by atoms with van der Waals surface area (Å²) in [6.07, 6.45) is 3.30. The van der Waals surface area contributed by atoms with E-state index in [4.69, 9.17) is 4.74 Å². The van der Waals surface area contributed by atoms with E-state index < -0.39 is 20.5 Å². The molecule has 2 aromatic carbocycles. The standard InChI is InChI=1S/C23H20FN3O4S/c1-2-31-20-4-3-5-21(22(20)24)32(29,30)17-8-6-15(7-9-17)13-26-23(28)19-12-16-14-25-11-10-18(16)27-19/h3-12,14,27H,2,13H2,1H3,(H,26,28). The Bertz CT molecular complexity index is 1350. The molecule has 7 nitrogen and oxygen atoms in total. The Morgan fingerprint density at radius 2 is 1.94 bits per heavy atom. The fourth-order valence-corrected chi connectivity index (χ4v) is 4.59. The minimum absolute atomic E-state index is 0.0526. The number of pyridine rings is 1. The number of aromatic amines is 1. The van der Waals surface area contributed by atoms with Gasteiger partial charge in [0, 0.05) is 29.8 Å². The van der Waals surface area contributed by atoms with Crippen molar-refractivity contribution in [2.45, 2.75) is 23.3 Å². The molecule has 32 heavy (non-hydrogen) atoms. The number of benzene rings is 2. The number of hydrogen-bond acceptors (Lipinski definition) is 5. The summed E-state index contributed by atoms with van der Waals surface area (Å²) in [5.74, 6) is -1.33. The Morgan fingerprint density at radius 1 is 1.16 bits per heavy atom. The predicted octanol–water partition coefficient (Wildman–Crippen LogP) is 3.86. The Hall–Kier alpha value is -3.72. The molecule has 0 bridgehead atoms. The summed E-state index contributed by atoms with van der Waals surface area (Å²) in [6.45, 7) is 2.10. The normalized spacial score (nSPS) is 11.4. The number of aromatic nitrogens is 2. The number of rotatable bonds is 7. The van der Waals surface area contributed by atoms with Crippen molar-refractivity contribution in [1.82, 2.24) is 15.3 Å². The minimum atomic E-state index is -4.07. The van der Waals surface area contributed by atoms with Gasteiger partial charge < -0.3 is 15.0 Å². The third-order valence-electron chi connectivity index (χ3n) is 4.87. The van der Waals surface area contributed by atoms with Gasteiger partial charge in [0.2, 0.25) is 9.84 Å². The zero-order valence-electron chi connectivity index (χ0n) is 17.1. The molecule has 0 saturated carbocycles. The maximum absolute atomic E-state index is 14.6. The maximum Gasteiger partial charge on any atom is 0.267 e. The highest BCUT2D eigenvalue weighted by Gasteiger charge is 2.24. The number of nitrogens with zero attached hydrogens (tertiary/aromatic N) is 1. The fraction of sp³-hybridized carbons (Fsp3) is 0.130. The number of fused-ring (bicyclic) bond motifs is 1. The van der Waals surface area contributed by atoms with Crippen molar-refractivity contribution in [2.75, 3.05) is 6.61 Å². The third-order valence-corrected chi connectivity index (χ3v) is 6.66. The maximum atomic E-state index is 14.6. The summed E-state index contributed by atoms with van der Waals surface area (Å²) < 4.78 is 45.5. The highest BCUT2D eigenvalue weighted by molar-refractivity contribution is 7.91. The van der Waals surface area contributed by atoms with E-state index in [1.54, 1.807) is 43.6 Å². The Balaban J connectivity index is 1.48. The van der Waals surface area contributed by atoms with Crippen LogP contribution in [-0.2, 0) is 16.4 Å². The number of amides is 1. The van der Waals surface area contributed by atoms with Crippen LogP contribution in [0, 0.1) is 5.82 Å². The number of ether oxygens (including phenoxy) is 1. The van der Waals surface area contributed by atoms with Crippen molar-refractivity contribution < 1.29 is 22.3 Å². The molecular formula is C23H20FN3O4S. The van der Waals surface area contributed by atoms with Gasteiger partial charge in [0.05, 0.1) is 11.5 Å². The lowest BCUT2D eigenvalue weighted by Crippen LogP contribution is -2.23. The van der Waals surface area contributed by atoms with Gasteiger partial charge in [-0.1, -0.05) is 18.2 Å². The smallest absolute Gasteiger partial charge is 0.267 e. The molecule has 4 aromatic rings. The molecule has 164 valence electrons. The van der Waals surface area contributed by atoms with E-state index in [1.807, 2.05) is 0 Å². The highest BCUT2D eigenvalue weighted by atomic mass is 32.2. The lowest BCUT2D eigenvalue weighted by molar-refractivity contribution is 0.0946. The molecule has 9 heteroatoms. The quantitative estimate of drug-likeness (QED) is 0.443. The number of nitrogens with one attached hydrogen (secondary N) is 2. The monoisotopic (exact) mass is 453 g/mol. The van der Waals surface area contributed by atoms with Gasteiger partial charge in [-0.2, -0.15) is 0 Å². The number of halogens is 1. The van der Waals surface area contributed by atoms with E-state index in [2.05, 4.69) is 15.3 Å². The van der Waals surface area contributed by atoms with Gasteiger partial charge in [0.15, 0.2) is 11.6 Å². The summed E-state index contributed by atoms with van der Waals surface area (Å²) in [5.41, 5.74) is 1.90. The van der Waals surface area contributed by atoms with E-state index in [0.717, 1.165) is 10.9 Å². The second-order valence-electron chi connectivity index (χ2n) is 6.98. The molecule has 0 aliphatic heterocycles. The molecule has 2 heterocycles. The first kappa shape index (κ1) is 21.5. The van der Waals surface area contributed by atoms with Crippen LogP contribution in [0.4, 0.5) is 4.39 Å². The van der Waals surface area contributed by atoms with Gasteiger partial charge in [0.25, 0.3) is 5.91 Å². The van der Waals surface area contributed by atoms with Crippen LogP contribution in [0.25, 0.3) is 10.9 Å². The Labute approximate surface area is 184 Å². The molecule has 2 aromatic heterocycles. The molecule has 0 fully saturated rings. The van der Waals surface area contributed by atoms with E-state index in [0.29, 0.717) is 11.3 Å². The zero-order valence-corrected chi connectivity index (χ0v) is 17.9. The molecule has 0 spiro atoms. The van der Waals surface area contributed by atoms with Crippen molar-refractivity contribution >= 4 is 26.6 Å². The molecule has 0 radical (unpaired) electrons. The van der Waals surface area contributed by atoms with Crippen LogP contribution in [-0.4, -0.2) is 30.9 Å². The van der Waals surface area contributed by atoms with Crippen LogP contribution in [0.2, 0.25) is 0 Å². The summed E-state index contributed by atoms with van der Waals surface area (Å²) >= 11 is 0. The van der Waals surface area contributed by atoms with Crippen molar-refractivity contribution in [2.24, 2.45) is 0 Å². The molecule has 0 atom stereocenters. The van der Waals surface area contributed by atoms with E-state index in [1.165, 1.54) is 30.3 Å². The largest absolute Gasteiger partial charge is 0.491 e. The third kappa shape index (κ3) is 4.19.